The van der Waals surface area contributed by atoms with Crippen molar-refractivity contribution in [1.82, 2.24) is 0 Å². The predicted molar refractivity (Wildman–Crippen MR) is 70.7 cm³/mol. The number of Topliss-reactive ketones (excluding diaryl/α,β-unsaturated/α-hetero) is 1. The number of anilines is 1. The van der Waals surface area contributed by atoms with E-state index < -0.39 is 11.9 Å². The van der Waals surface area contributed by atoms with Gasteiger partial charge in [0.05, 0.1) is 7.11 Å². The van der Waals surface area contributed by atoms with Crippen LogP contribution in [-0.2, 0) is 20.7 Å². The van der Waals surface area contributed by atoms with E-state index in [1.165, 1.54) is 14.0 Å². The molecule has 0 aliphatic heterocycles. The standard InChI is InChI=1S/C14H19NO3/c1-10(16)13(14(17)18-4)9-11-5-7-12(8-6-11)15(2)3/h5-8,13H,9H2,1-4H3. The molecule has 1 rings (SSSR count). The summed E-state index contributed by atoms with van der Waals surface area (Å²) in [5.74, 6) is -1.35. The van der Waals surface area contributed by atoms with Crippen LogP contribution in [0.15, 0.2) is 24.3 Å². The number of carbonyl (C=O) groups excluding carboxylic acids is 2. The molecule has 1 aromatic rings. The molecule has 0 saturated heterocycles. The van der Waals surface area contributed by atoms with Crippen molar-refractivity contribution in [2.45, 2.75) is 13.3 Å². The number of methoxy groups -OCH3 is 1. The number of nitrogens with zero attached hydrogens (tertiary/aromatic N) is 1. The van der Waals surface area contributed by atoms with Gasteiger partial charge in [-0.15, -0.1) is 0 Å². The fraction of sp³-hybridized carbons (Fsp3) is 0.429. The van der Waals surface area contributed by atoms with Gasteiger partial charge in [-0.3, -0.25) is 9.59 Å². The van der Waals surface area contributed by atoms with Crippen LogP contribution in [0.3, 0.4) is 0 Å². The molecule has 0 saturated carbocycles. The van der Waals surface area contributed by atoms with E-state index in [1.807, 2.05) is 43.3 Å². The van der Waals surface area contributed by atoms with Gasteiger partial charge in [0.1, 0.15) is 11.7 Å². The Morgan fingerprint density at radius 2 is 1.78 bits per heavy atom. The van der Waals surface area contributed by atoms with Gasteiger partial charge in [0.2, 0.25) is 0 Å². The van der Waals surface area contributed by atoms with Crippen molar-refractivity contribution in [2.75, 3.05) is 26.1 Å². The van der Waals surface area contributed by atoms with Gasteiger partial charge in [0.15, 0.2) is 0 Å². The molecule has 1 aromatic carbocycles. The molecule has 1 atom stereocenters. The van der Waals surface area contributed by atoms with E-state index in [2.05, 4.69) is 4.74 Å². The average Bonchev–Trinajstić information content (AvgIpc) is 2.35. The Morgan fingerprint density at radius 3 is 2.17 bits per heavy atom. The van der Waals surface area contributed by atoms with E-state index in [0.29, 0.717) is 6.42 Å². The van der Waals surface area contributed by atoms with E-state index >= 15 is 0 Å². The molecule has 0 heterocycles. The highest BCUT2D eigenvalue weighted by atomic mass is 16.5. The Morgan fingerprint density at radius 1 is 1.22 bits per heavy atom. The fourth-order valence-electron chi connectivity index (χ4n) is 1.70. The van der Waals surface area contributed by atoms with Crippen LogP contribution < -0.4 is 4.90 Å². The van der Waals surface area contributed by atoms with Gasteiger partial charge in [0.25, 0.3) is 0 Å². The van der Waals surface area contributed by atoms with Crippen LogP contribution in [0.4, 0.5) is 5.69 Å². The Hall–Kier alpha value is -1.84. The molecule has 0 aliphatic carbocycles. The van der Waals surface area contributed by atoms with Crippen LogP contribution in [-0.4, -0.2) is 33.0 Å². The van der Waals surface area contributed by atoms with E-state index in [9.17, 15) is 9.59 Å². The number of hydrogen-bond donors (Lipinski definition) is 0. The number of rotatable bonds is 5. The lowest BCUT2D eigenvalue weighted by Gasteiger charge is -2.14. The van der Waals surface area contributed by atoms with Gasteiger partial charge in [-0.05, 0) is 31.0 Å². The second-order valence-corrected chi connectivity index (χ2v) is 4.45. The molecule has 98 valence electrons. The maximum atomic E-state index is 11.5. The topological polar surface area (TPSA) is 46.6 Å². The summed E-state index contributed by atoms with van der Waals surface area (Å²) in [6, 6.07) is 7.77. The third kappa shape index (κ3) is 3.58. The predicted octanol–water partition coefficient (Wildman–Crippen LogP) is 1.67. The molecule has 0 fully saturated rings. The van der Waals surface area contributed by atoms with Gasteiger partial charge in [-0.1, -0.05) is 12.1 Å². The van der Waals surface area contributed by atoms with Crippen molar-refractivity contribution in [3.8, 4) is 0 Å². The number of esters is 1. The molecule has 0 N–H and O–H groups in total. The number of benzene rings is 1. The lowest BCUT2D eigenvalue weighted by atomic mass is 9.96. The molecule has 1 unspecified atom stereocenters. The highest BCUT2D eigenvalue weighted by Gasteiger charge is 2.24. The molecule has 0 radical (unpaired) electrons. The zero-order valence-electron chi connectivity index (χ0n) is 11.3. The van der Waals surface area contributed by atoms with Gasteiger partial charge in [-0.2, -0.15) is 0 Å². The fourth-order valence-corrected chi connectivity index (χ4v) is 1.70. The zero-order chi connectivity index (χ0) is 13.7. The van der Waals surface area contributed by atoms with Crippen LogP contribution >= 0.6 is 0 Å². The third-order valence-corrected chi connectivity index (χ3v) is 2.87. The van der Waals surface area contributed by atoms with Crippen LogP contribution in [0.1, 0.15) is 12.5 Å². The molecule has 0 aliphatic rings. The Balaban J connectivity index is 2.81. The lowest BCUT2D eigenvalue weighted by Crippen LogP contribution is -2.25. The van der Waals surface area contributed by atoms with Crippen molar-refractivity contribution < 1.29 is 14.3 Å². The first kappa shape index (κ1) is 14.2. The Labute approximate surface area is 108 Å². The van der Waals surface area contributed by atoms with E-state index in [4.69, 9.17) is 0 Å². The summed E-state index contributed by atoms with van der Waals surface area (Å²) in [7, 11) is 5.22. The number of hydrogen-bond acceptors (Lipinski definition) is 4. The van der Waals surface area contributed by atoms with Crippen molar-refractivity contribution in [2.24, 2.45) is 5.92 Å². The molecular weight excluding hydrogens is 230 g/mol. The van der Waals surface area contributed by atoms with Gasteiger partial charge in [0, 0.05) is 19.8 Å². The van der Waals surface area contributed by atoms with Gasteiger partial charge in [-0.25, -0.2) is 0 Å². The summed E-state index contributed by atoms with van der Waals surface area (Å²) in [4.78, 5) is 24.9. The second kappa shape index (κ2) is 6.19. The third-order valence-electron chi connectivity index (χ3n) is 2.87. The minimum atomic E-state index is -0.708. The van der Waals surface area contributed by atoms with E-state index in [-0.39, 0.29) is 5.78 Å². The van der Waals surface area contributed by atoms with Crippen LogP contribution in [0.5, 0.6) is 0 Å². The van der Waals surface area contributed by atoms with Crippen molar-refractivity contribution in [1.29, 1.82) is 0 Å². The minimum Gasteiger partial charge on any atom is -0.468 e. The average molecular weight is 249 g/mol. The van der Waals surface area contributed by atoms with E-state index in [0.717, 1.165) is 11.3 Å². The first-order chi connectivity index (χ1) is 8.45. The molecule has 18 heavy (non-hydrogen) atoms. The van der Waals surface area contributed by atoms with Crippen molar-refractivity contribution in [3.63, 3.8) is 0 Å². The summed E-state index contributed by atoms with van der Waals surface area (Å²) in [6.45, 7) is 1.41. The maximum Gasteiger partial charge on any atom is 0.316 e. The summed E-state index contributed by atoms with van der Waals surface area (Å²) in [5, 5.41) is 0. The monoisotopic (exact) mass is 249 g/mol. The number of ether oxygens (including phenoxy) is 1. The highest BCUT2D eigenvalue weighted by molar-refractivity contribution is 5.97. The normalized spacial score (nSPS) is 11.8. The number of ketones is 1. The first-order valence-electron chi connectivity index (χ1n) is 5.80. The first-order valence-corrected chi connectivity index (χ1v) is 5.80. The van der Waals surface area contributed by atoms with Crippen LogP contribution in [0.25, 0.3) is 0 Å². The molecule has 0 spiro atoms. The van der Waals surface area contributed by atoms with Gasteiger partial charge >= 0.3 is 5.97 Å². The second-order valence-electron chi connectivity index (χ2n) is 4.45. The lowest BCUT2D eigenvalue weighted by molar-refractivity contribution is -0.148. The molecule has 0 amide bonds. The smallest absolute Gasteiger partial charge is 0.316 e. The summed E-state index contributed by atoms with van der Waals surface area (Å²) in [5.41, 5.74) is 2.03. The highest BCUT2D eigenvalue weighted by Crippen LogP contribution is 2.16. The molecule has 4 heteroatoms. The zero-order valence-corrected chi connectivity index (χ0v) is 11.3. The van der Waals surface area contributed by atoms with Gasteiger partial charge < -0.3 is 9.64 Å². The summed E-state index contributed by atoms with van der Waals surface area (Å²) < 4.78 is 4.64. The molecule has 4 nitrogen and oxygen atoms in total. The summed E-state index contributed by atoms with van der Waals surface area (Å²) >= 11 is 0. The largest absolute Gasteiger partial charge is 0.468 e. The quantitative estimate of drug-likeness (QED) is 0.588. The van der Waals surface area contributed by atoms with Crippen molar-refractivity contribution in [3.05, 3.63) is 29.8 Å². The summed E-state index contributed by atoms with van der Waals surface area (Å²) in [6.07, 6.45) is 0.385. The molecule has 0 aromatic heterocycles. The molecule has 0 bridgehead atoms. The SMILES string of the molecule is COC(=O)C(Cc1ccc(N(C)C)cc1)C(C)=O. The van der Waals surface area contributed by atoms with E-state index in [1.54, 1.807) is 0 Å². The van der Waals surface area contributed by atoms with Crippen molar-refractivity contribution >= 4 is 17.4 Å². The Bertz CT molecular complexity index is 423. The van der Waals surface area contributed by atoms with Crippen LogP contribution in [0.2, 0.25) is 0 Å². The minimum absolute atomic E-state index is 0.168. The van der Waals surface area contributed by atoms with Crippen LogP contribution in [0, 0.1) is 5.92 Å². The maximum absolute atomic E-state index is 11.5. The molecular formula is C14H19NO3. The Kier molecular flexibility index (Phi) is 4.89. The number of carbonyl (C=O) groups is 2.